The van der Waals surface area contributed by atoms with E-state index >= 15 is 0 Å². The fraction of sp³-hybridized carbons (Fsp3) is 0.464. The zero-order chi connectivity index (χ0) is 27.3. The van der Waals surface area contributed by atoms with E-state index in [2.05, 4.69) is 10.2 Å². The summed E-state index contributed by atoms with van der Waals surface area (Å²) in [7, 11) is 0. The second-order valence-electron chi connectivity index (χ2n) is 10.6. The van der Waals surface area contributed by atoms with Crippen LogP contribution in [0.2, 0.25) is 10.0 Å². The highest BCUT2D eigenvalue weighted by molar-refractivity contribution is 6.34. The monoisotopic (exact) mass is 559 g/mol. The molecule has 0 bridgehead atoms. The molecule has 1 N–H and O–H groups in total. The lowest BCUT2D eigenvalue weighted by Crippen LogP contribution is -2.53. The van der Waals surface area contributed by atoms with Crippen molar-refractivity contribution in [1.29, 1.82) is 0 Å². The van der Waals surface area contributed by atoms with Crippen molar-refractivity contribution >= 4 is 40.9 Å². The molecule has 10 heteroatoms. The molecule has 0 spiro atoms. The molecule has 2 aliphatic heterocycles. The number of rotatable bonds is 7. The van der Waals surface area contributed by atoms with E-state index in [0.717, 1.165) is 29.9 Å². The Kier molecular flexibility index (Phi) is 9.31. The number of hydrogen-bond donors (Lipinski definition) is 1. The van der Waals surface area contributed by atoms with E-state index in [1.165, 1.54) is 5.01 Å². The molecule has 4 rings (SSSR count). The van der Waals surface area contributed by atoms with Gasteiger partial charge in [0.05, 0.1) is 25.0 Å². The molecule has 1 unspecified atom stereocenters. The van der Waals surface area contributed by atoms with Crippen LogP contribution in [0.15, 0.2) is 53.6 Å². The summed E-state index contributed by atoms with van der Waals surface area (Å²) in [6.45, 7) is 9.68. The standard InChI is InChI=1S/C28H35Cl2N5O3/c1-28(2,3)31-27(37)34(13-12-33-14-16-38-17-15-33)19-26(36)35-25(20-8-10-21(29)11-9-20)18-24(32-35)22-6-4-5-7-23(22)30/h4-11,25H,12-19H2,1-3H3,(H,31,37). The largest absolute Gasteiger partial charge is 0.379 e. The van der Waals surface area contributed by atoms with E-state index in [1.807, 2.05) is 57.2 Å². The van der Waals surface area contributed by atoms with Crippen molar-refractivity contribution in [3.8, 4) is 0 Å². The van der Waals surface area contributed by atoms with Crippen LogP contribution >= 0.6 is 23.2 Å². The van der Waals surface area contributed by atoms with Crippen molar-refractivity contribution < 1.29 is 14.3 Å². The van der Waals surface area contributed by atoms with E-state index < -0.39 is 5.54 Å². The molecule has 0 radical (unpaired) electrons. The maximum absolute atomic E-state index is 13.8. The van der Waals surface area contributed by atoms with Gasteiger partial charge in [0.1, 0.15) is 6.54 Å². The van der Waals surface area contributed by atoms with Crippen molar-refractivity contribution in [3.63, 3.8) is 0 Å². The minimum atomic E-state index is -0.438. The van der Waals surface area contributed by atoms with Crippen LogP contribution in [0, 0.1) is 0 Å². The molecule has 3 amide bonds. The lowest BCUT2D eigenvalue weighted by Gasteiger charge is -2.32. The summed E-state index contributed by atoms with van der Waals surface area (Å²) in [5, 5.41) is 10.4. The van der Waals surface area contributed by atoms with Crippen LogP contribution in [-0.4, -0.2) is 83.9 Å². The van der Waals surface area contributed by atoms with Crippen molar-refractivity contribution in [3.05, 3.63) is 69.7 Å². The summed E-state index contributed by atoms with van der Waals surface area (Å²) >= 11 is 12.6. The molecule has 0 aromatic heterocycles. The van der Waals surface area contributed by atoms with Crippen LogP contribution in [0.3, 0.4) is 0 Å². The molecule has 0 aliphatic carbocycles. The second kappa shape index (κ2) is 12.5. The van der Waals surface area contributed by atoms with Crippen molar-refractivity contribution in [2.24, 2.45) is 5.10 Å². The predicted octanol–water partition coefficient (Wildman–Crippen LogP) is 4.81. The van der Waals surface area contributed by atoms with Gasteiger partial charge in [-0.15, -0.1) is 0 Å². The number of benzene rings is 2. The maximum Gasteiger partial charge on any atom is 0.318 e. The first-order chi connectivity index (χ1) is 18.1. The SMILES string of the molecule is CC(C)(C)NC(=O)N(CCN1CCOCC1)CC(=O)N1N=C(c2ccccc2Cl)CC1c1ccc(Cl)cc1. The summed E-state index contributed by atoms with van der Waals surface area (Å²) in [5.41, 5.74) is 1.99. The average molecular weight is 561 g/mol. The van der Waals surface area contributed by atoms with Gasteiger partial charge in [0.25, 0.3) is 5.91 Å². The number of nitrogens with zero attached hydrogens (tertiary/aromatic N) is 4. The fourth-order valence-electron chi connectivity index (χ4n) is 4.52. The zero-order valence-corrected chi connectivity index (χ0v) is 23.6. The van der Waals surface area contributed by atoms with Gasteiger partial charge < -0.3 is 15.0 Å². The molecule has 2 aromatic carbocycles. The maximum atomic E-state index is 13.8. The Morgan fingerprint density at radius 2 is 1.76 bits per heavy atom. The fourth-order valence-corrected chi connectivity index (χ4v) is 4.89. The number of carbonyl (C=O) groups is 2. The third-order valence-corrected chi connectivity index (χ3v) is 7.07. The van der Waals surface area contributed by atoms with Gasteiger partial charge in [0, 0.05) is 53.7 Å². The average Bonchev–Trinajstić information content (AvgIpc) is 3.32. The van der Waals surface area contributed by atoms with Gasteiger partial charge in [0.15, 0.2) is 0 Å². The van der Waals surface area contributed by atoms with Crippen molar-refractivity contribution in [1.82, 2.24) is 20.1 Å². The Labute approximate surface area is 234 Å². The smallest absolute Gasteiger partial charge is 0.318 e. The van der Waals surface area contributed by atoms with Crippen LogP contribution < -0.4 is 5.32 Å². The normalized spacial score (nSPS) is 18.3. The number of nitrogens with one attached hydrogen (secondary N) is 1. The first kappa shape index (κ1) is 28.4. The number of hydrazone groups is 1. The highest BCUT2D eigenvalue weighted by atomic mass is 35.5. The van der Waals surface area contributed by atoms with E-state index in [1.54, 1.807) is 17.0 Å². The predicted molar refractivity (Wildman–Crippen MR) is 151 cm³/mol. The second-order valence-corrected chi connectivity index (χ2v) is 11.4. The Morgan fingerprint density at radius 3 is 2.42 bits per heavy atom. The topological polar surface area (TPSA) is 77.5 Å². The Hall–Kier alpha value is -2.65. The number of amides is 3. The molecular weight excluding hydrogens is 525 g/mol. The molecule has 8 nitrogen and oxygen atoms in total. The summed E-state index contributed by atoms with van der Waals surface area (Å²) in [5.74, 6) is -0.266. The number of morpholine rings is 1. The van der Waals surface area contributed by atoms with Crippen LogP contribution in [0.1, 0.15) is 44.4 Å². The number of ether oxygens (including phenoxy) is 1. The van der Waals surface area contributed by atoms with Gasteiger partial charge in [-0.05, 0) is 44.5 Å². The number of halogens is 2. The van der Waals surface area contributed by atoms with Crippen molar-refractivity contribution in [2.75, 3.05) is 45.9 Å². The molecular formula is C28H35Cl2N5O3. The van der Waals surface area contributed by atoms with Gasteiger partial charge >= 0.3 is 6.03 Å². The first-order valence-corrected chi connectivity index (χ1v) is 13.6. The Balaban J connectivity index is 1.58. The van der Waals surface area contributed by atoms with E-state index in [4.69, 9.17) is 33.0 Å². The Bertz CT molecular complexity index is 1160. The summed E-state index contributed by atoms with van der Waals surface area (Å²) in [4.78, 5) is 30.8. The lowest BCUT2D eigenvalue weighted by molar-refractivity contribution is -0.133. The van der Waals surface area contributed by atoms with Gasteiger partial charge in [-0.1, -0.05) is 53.5 Å². The molecule has 0 saturated carbocycles. The van der Waals surface area contributed by atoms with Crippen LogP contribution in [0.4, 0.5) is 4.79 Å². The quantitative estimate of drug-likeness (QED) is 0.527. The molecule has 38 heavy (non-hydrogen) atoms. The molecule has 1 saturated heterocycles. The number of hydrogen-bond acceptors (Lipinski definition) is 5. The van der Waals surface area contributed by atoms with Gasteiger partial charge in [-0.3, -0.25) is 9.69 Å². The molecule has 204 valence electrons. The Morgan fingerprint density at radius 1 is 1.08 bits per heavy atom. The summed E-state index contributed by atoms with van der Waals surface area (Å²) < 4.78 is 5.44. The highest BCUT2D eigenvalue weighted by Gasteiger charge is 2.35. The van der Waals surface area contributed by atoms with E-state index in [-0.39, 0.29) is 24.5 Å². The molecule has 2 aromatic rings. The van der Waals surface area contributed by atoms with E-state index in [0.29, 0.717) is 42.8 Å². The van der Waals surface area contributed by atoms with Crippen LogP contribution in [0.25, 0.3) is 0 Å². The van der Waals surface area contributed by atoms with Gasteiger partial charge in [-0.25, -0.2) is 9.80 Å². The van der Waals surface area contributed by atoms with E-state index in [9.17, 15) is 9.59 Å². The van der Waals surface area contributed by atoms with Crippen LogP contribution in [0.5, 0.6) is 0 Å². The van der Waals surface area contributed by atoms with Crippen LogP contribution in [-0.2, 0) is 9.53 Å². The minimum absolute atomic E-state index is 0.102. The first-order valence-electron chi connectivity index (χ1n) is 12.9. The summed E-state index contributed by atoms with van der Waals surface area (Å²) in [6.07, 6.45) is 0.499. The summed E-state index contributed by atoms with van der Waals surface area (Å²) in [6, 6.07) is 14.3. The molecule has 1 fully saturated rings. The highest BCUT2D eigenvalue weighted by Crippen LogP contribution is 2.35. The third kappa shape index (κ3) is 7.47. The van der Waals surface area contributed by atoms with Crippen molar-refractivity contribution in [2.45, 2.75) is 38.8 Å². The molecule has 2 aliphatic rings. The zero-order valence-electron chi connectivity index (χ0n) is 22.1. The van der Waals surface area contributed by atoms with Gasteiger partial charge in [-0.2, -0.15) is 5.10 Å². The van der Waals surface area contributed by atoms with Gasteiger partial charge in [0.2, 0.25) is 0 Å². The third-order valence-electron chi connectivity index (χ3n) is 6.49. The number of carbonyl (C=O) groups excluding carboxylic acids is 2. The minimum Gasteiger partial charge on any atom is -0.379 e. The molecule has 2 heterocycles. The molecule has 1 atom stereocenters. The lowest BCUT2D eigenvalue weighted by atomic mass is 9.98. The number of urea groups is 1.